The standard InChI is InChI=1S/C11H25N3OSi/c1-10(8-7-9-13-14-12)15-16(5,6)11(2,3)4/h10H,7-9H2,1-6H3/t10-/m1/s1. The minimum Gasteiger partial charge on any atom is -0.414 e. The van der Waals surface area contributed by atoms with E-state index in [1.165, 1.54) is 0 Å². The van der Waals surface area contributed by atoms with E-state index in [0.29, 0.717) is 6.54 Å². The predicted molar refractivity (Wildman–Crippen MR) is 71.0 cm³/mol. The van der Waals surface area contributed by atoms with Crippen molar-refractivity contribution in [2.45, 2.75) is 64.8 Å². The fourth-order valence-electron chi connectivity index (χ4n) is 1.23. The highest BCUT2D eigenvalue weighted by Gasteiger charge is 2.38. The molecule has 94 valence electrons. The molecule has 4 nitrogen and oxygen atoms in total. The Morgan fingerprint density at radius 1 is 1.38 bits per heavy atom. The Balaban J connectivity index is 4.04. The third-order valence-electron chi connectivity index (χ3n) is 3.23. The van der Waals surface area contributed by atoms with Crippen LogP contribution in [0.4, 0.5) is 0 Å². The Kier molecular flexibility index (Phi) is 6.08. The van der Waals surface area contributed by atoms with Crippen molar-refractivity contribution in [1.82, 2.24) is 0 Å². The molecule has 0 fully saturated rings. The Bertz CT molecular complexity index is 254. The van der Waals surface area contributed by atoms with E-state index in [0.717, 1.165) is 12.8 Å². The van der Waals surface area contributed by atoms with Crippen LogP contribution in [0, 0.1) is 0 Å². The van der Waals surface area contributed by atoms with E-state index < -0.39 is 8.32 Å². The zero-order valence-electron chi connectivity index (χ0n) is 11.4. The Hall–Kier alpha value is -0.513. The monoisotopic (exact) mass is 243 g/mol. The molecule has 0 bridgehead atoms. The van der Waals surface area contributed by atoms with Crippen molar-refractivity contribution in [3.63, 3.8) is 0 Å². The van der Waals surface area contributed by atoms with Crippen molar-refractivity contribution < 1.29 is 4.43 Å². The van der Waals surface area contributed by atoms with Gasteiger partial charge in [0.25, 0.3) is 0 Å². The van der Waals surface area contributed by atoms with Gasteiger partial charge in [0.15, 0.2) is 8.32 Å². The second-order valence-corrected chi connectivity index (χ2v) is 10.5. The lowest BCUT2D eigenvalue weighted by atomic mass is 10.2. The van der Waals surface area contributed by atoms with Gasteiger partial charge in [0.1, 0.15) is 0 Å². The van der Waals surface area contributed by atoms with Gasteiger partial charge in [-0.05, 0) is 43.4 Å². The largest absolute Gasteiger partial charge is 0.414 e. The molecule has 0 aromatic carbocycles. The molecular weight excluding hydrogens is 218 g/mol. The van der Waals surface area contributed by atoms with Crippen LogP contribution in [0.15, 0.2) is 5.11 Å². The normalized spacial score (nSPS) is 14.4. The van der Waals surface area contributed by atoms with E-state index in [9.17, 15) is 0 Å². The van der Waals surface area contributed by atoms with Gasteiger partial charge in [0.2, 0.25) is 0 Å². The highest BCUT2D eigenvalue weighted by Crippen LogP contribution is 2.37. The molecule has 0 saturated heterocycles. The summed E-state index contributed by atoms with van der Waals surface area (Å²) >= 11 is 0. The summed E-state index contributed by atoms with van der Waals surface area (Å²) in [6, 6.07) is 0. The lowest BCUT2D eigenvalue weighted by Crippen LogP contribution is -2.43. The average molecular weight is 243 g/mol. The van der Waals surface area contributed by atoms with Crippen LogP contribution in [0.2, 0.25) is 18.1 Å². The van der Waals surface area contributed by atoms with Gasteiger partial charge in [0, 0.05) is 17.6 Å². The SMILES string of the molecule is C[C@H](CCCN=[N+]=[N-])O[Si](C)(C)C(C)(C)C. The summed E-state index contributed by atoms with van der Waals surface area (Å²) in [6.07, 6.45) is 2.13. The minimum atomic E-state index is -1.64. The van der Waals surface area contributed by atoms with E-state index >= 15 is 0 Å². The van der Waals surface area contributed by atoms with Crippen LogP contribution in [0.1, 0.15) is 40.5 Å². The zero-order valence-corrected chi connectivity index (χ0v) is 12.4. The summed E-state index contributed by atoms with van der Waals surface area (Å²) in [7, 11) is -1.64. The summed E-state index contributed by atoms with van der Waals surface area (Å²) in [5.41, 5.74) is 8.16. The van der Waals surface area contributed by atoms with E-state index in [-0.39, 0.29) is 11.1 Å². The maximum Gasteiger partial charge on any atom is 0.192 e. The molecule has 0 rings (SSSR count). The summed E-state index contributed by atoms with van der Waals surface area (Å²) in [4.78, 5) is 2.74. The topological polar surface area (TPSA) is 58.0 Å². The quantitative estimate of drug-likeness (QED) is 0.223. The maximum atomic E-state index is 8.16. The number of nitrogens with zero attached hydrogens (tertiary/aromatic N) is 3. The lowest BCUT2D eigenvalue weighted by Gasteiger charge is -2.38. The molecule has 5 heteroatoms. The van der Waals surface area contributed by atoms with Crippen molar-refractivity contribution in [3.05, 3.63) is 10.4 Å². The Morgan fingerprint density at radius 2 is 1.94 bits per heavy atom. The van der Waals surface area contributed by atoms with Crippen molar-refractivity contribution in [2.75, 3.05) is 6.54 Å². The summed E-state index contributed by atoms with van der Waals surface area (Å²) in [6.45, 7) is 13.9. The Morgan fingerprint density at radius 3 is 2.38 bits per heavy atom. The van der Waals surface area contributed by atoms with Gasteiger partial charge in [-0.2, -0.15) is 0 Å². The molecule has 0 spiro atoms. The third-order valence-corrected chi connectivity index (χ3v) is 7.84. The molecule has 0 heterocycles. The molecule has 0 aromatic heterocycles. The Labute approximate surface area is 100 Å². The van der Waals surface area contributed by atoms with Gasteiger partial charge >= 0.3 is 0 Å². The molecule has 0 aliphatic heterocycles. The summed E-state index contributed by atoms with van der Waals surface area (Å²) in [5.74, 6) is 0. The fraction of sp³-hybridized carbons (Fsp3) is 1.00. The van der Waals surface area contributed by atoms with Gasteiger partial charge in [-0.25, -0.2) is 0 Å². The third kappa shape index (κ3) is 5.54. The van der Waals surface area contributed by atoms with Gasteiger partial charge in [-0.15, -0.1) is 0 Å². The predicted octanol–water partition coefficient (Wildman–Crippen LogP) is 4.49. The van der Waals surface area contributed by atoms with Crippen LogP contribution in [0.5, 0.6) is 0 Å². The van der Waals surface area contributed by atoms with Crippen LogP contribution >= 0.6 is 0 Å². The first-order valence-electron chi connectivity index (χ1n) is 5.89. The van der Waals surface area contributed by atoms with Gasteiger partial charge < -0.3 is 4.43 Å². The zero-order chi connectivity index (χ0) is 12.8. The average Bonchev–Trinajstić information content (AvgIpc) is 2.10. The molecule has 0 aromatic rings. The molecule has 0 amide bonds. The van der Waals surface area contributed by atoms with Gasteiger partial charge in [0.05, 0.1) is 0 Å². The minimum absolute atomic E-state index is 0.256. The highest BCUT2D eigenvalue weighted by atomic mass is 28.4. The maximum absolute atomic E-state index is 8.16. The first-order chi connectivity index (χ1) is 7.20. The molecule has 1 atom stereocenters. The molecule has 16 heavy (non-hydrogen) atoms. The van der Waals surface area contributed by atoms with Gasteiger partial charge in [-0.3, -0.25) is 0 Å². The molecular formula is C11H25N3OSi. The van der Waals surface area contributed by atoms with Crippen LogP contribution in [-0.2, 0) is 4.43 Å². The van der Waals surface area contributed by atoms with Crippen molar-refractivity contribution >= 4 is 8.32 Å². The fourth-order valence-corrected chi connectivity index (χ4v) is 2.71. The smallest absolute Gasteiger partial charge is 0.192 e. The number of azide groups is 1. The number of rotatable bonds is 6. The van der Waals surface area contributed by atoms with Crippen molar-refractivity contribution in [3.8, 4) is 0 Å². The van der Waals surface area contributed by atoms with E-state index in [1.807, 2.05) is 0 Å². The number of hydrogen-bond donors (Lipinski definition) is 0. The van der Waals surface area contributed by atoms with Gasteiger partial charge in [-0.1, -0.05) is 25.9 Å². The molecule has 0 radical (unpaired) electrons. The van der Waals surface area contributed by atoms with Crippen LogP contribution in [-0.4, -0.2) is 21.0 Å². The molecule has 0 aliphatic carbocycles. The molecule has 0 aliphatic rings. The number of hydrogen-bond acceptors (Lipinski definition) is 2. The lowest BCUT2D eigenvalue weighted by molar-refractivity contribution is 0.187. The first kappa shape index (κ1) is 15.5. The van der Waals surface area contributed by atoms with E-state index in [4.69, 9.17) is 9.96 Å². The summed E-state index contributed by atoms with van der Waals surface area (Å²) in [5, 5.41) is 3.78. The van der Waals surface area contributed by atoms with Crippen LogP contribution < -0.4 is 0 Å². The van der Waals surface area contributed by atoms with Crippen LogP contribution in [0.25, 0.3) is 10.4 Å². The van der Waals surface area contributed by atoms with E-state index in [2.05, 4.69) is 50.8 Å². The first-order valence-corrected chi connectivity index (χ1v) is 8.80. The molecule has 0 saturated carbocycles. The van der Waals surface area contributed by atoms with Crippen molar-refractivity contribution in [2.24, 2.45) is 5.11 Å². The van der Waals surface area contributed by atoms with E-state index in [1.54, 1.807) is 0 Å². The summed E-state index contributed by atoms with van der Waals surface area (Å²) < 4.78 is 6.19. The molecule has 0 unspecified atom stereocenters. The highest BCUT2D eigenvalue weighted by molar-refractivity contribution is 6.74. The van der Waals surface area contributed by atoms with Crippen molar-refractivity contribution in [1.29, 1.82) is 0 Å². The molecule has 0 N–H and O–H groups in total. The second kappa shape index (κ2) is 6.28. The van der Waals surface area contributed by atoms with Crippen LogP contribution in [0.3, 0.4) is 0 Å². The second-order valence-electron chi connectivity index (χ2n) is 5.79.